The molecule has 2 aromatic rings. The van der Waals surface area contributed by atoms with Crippen LogP contribution in [0.4, 0.5) is 17.2 Å². The lowest BCUT2D eigenvalue weighted by molar-refractivity contribution is -0.385. The molecule has 2 aliphatic rings. The number of ether oxygens (including phenoxy) is 1. The fourth-order valence-electron chi connectivity index (χ4n) is 4.24. The van der Waals surface area contributed by atoms with E-state index in [-0.39, 0.29) is 24.7 Å². The molecule has 0 spiro atoms. The van der Waals surface area contributed by atoms with Crippen LogP contribution in [0.25, 0.3) is 0 Å². The summed E-state index contributed by atoms with van der Waals surface area (Å²) in [5.74, 6) is 0.377. The number of nitrogens with one attached hydrogen (secondary N) is 1. The van der Waals surface area contributed by atoms with Crippen LogP contribution < -0.4 is 11.0 Å². The summed E-state index contributed by atoms with van der Waals surface area (Å²) >= 11 is 1.28. The minimum absolute atomic E-state index is 0.0234. The molecule has 1 aromatic carbocycles. The topological polar surface area (TPSA) is 133 Å². The first-order valence-electron chi connectivity index (χ1n) is 13.0. The number of aromatic nitrogens is 2. The second-order valence-corrected chi connectivity index (χ2v) is 11.8. The van der Waals surface area contributed by atoms with Gasteiger partial charge in [0.05, 0.1) is 27.7 Å². The monoisotopic (exact) mass is 565 g/mol. The number of nitro benzene ring substituents is 1. The van der Waals surface area contributed by atoms with Gasteiger partial charge in [0.25, 0.3) is 5.69 Å². The SMILES string of the molecule is [2H]C[C@H]1O[C@@H](n2cc3c(nc2=O)Nc2ccc([N+](=O)[O-])cc2S3)C[C@H]1OP(OC=NCC)N(C(C)C)C(C)C. The summed E-state index contributed by atoms with van der Waals surface area (Å²) in [6.07, 6.45) is 1.60. The summed E-state index contributed by atoms with van der Waals surface area (Å²) in [7, 11) is -1.55. The van der Waals surface area contributed by atoms with Crippen LogP contribution in [0.5, 0.6) is 0 Å². The fourth-order valence-corrected chi connectivity index (χ4v) is 6.86. The quantitative estimate of drug-likeness (QED) is 0.111. The van der Waals surface area contributed by atoms with Gasteiger partial charge in [0.15, 0.2) is 12.2 Å². The average Bonchev–Trinajstić information content (AvgIpc) is 3.28. The number of anilines is 2. The van der Waals surface area contributed by atoms with Gasteiger partial charge in [0.1, 0.15) is 6.23 Å². The van der Waals surface area contributed by atoms with Crippen molar-refractivity contribution in [2.45, 2.75) is 88.2 Å². The summed E-state index contributed by atoms with van der Waals surface area (Å²) in [5.41, 5.74) is 0.105. The van der Waals surface area contributed by atoms with E-state index >= 15 is 0 Å². The van der Waals surface area contributed by atoms with E-state index in [1.807, 2.05) is 6.92 Å². The van der Waals surface area contributed by atoms with E-state index in [4.69, 9.17) is 15.2 Å². The van der Waals surface area contributed by atoms with Crippen LogP contribution in [-0.2, 0) is 13.8 Å². The van der Waals surface area contributed by atoms with Gasteiger partial charge >= 0.3 is 14.2 Å². The highest BCUT2D eigenvalue weighted by atomic mass is 32.2. The number of aliphatic imine (C=N–C) groups is 1. The third-order valence-corrected chi connectivity index (χ3v) is 9.03. The van der Waals surface area contributed by atoms with Crippen molar-refractivity contribution in [3.63, 3.8) is 0 Å². The Hall–Kier alpha value is -2.57. The van der Waals surface area contributed by atoms with Crippen molar-refractivity contribution in [1.29, 1.82) is 0 Å². The van der Waals surface area contributed by atoms with Crippen molar-refractivity contribution in [3.8, 4) is 0 Å². The maximum absolute atomic E-state index is 13.0. The molecule has 206 valence electrons. The summed E-state index contributed by atoms with van der Waals surface area (Å²) in [5, 5.41) is 14.3. The Bertz CT molecular complexity index is 1270. The lowest BCUT2D eigenvalue weighted by Crippen LogP contribution is -2.35. The van der Waals surface area contributed by atoms with E-state index in [0.717, 1.165) is 0 Å². The molecule has 0 saturated carbocycles. The fraction of sp³-hybridized carbons (Fsp3) is 0.542. The lowest BCUT2D eigenvalue weighted by atomic mass is 10.2. The highest BCUT2D eigenvalue weighted by molar-refractivity contribution is 7.99. The molecule has 1 saturated heterocycles. The molecule has 1 aromatic heterocycles. The first kappa shape index (κ1) is 27.0. The van der Waals surface area contributed by atoms with Crippen LogP contribution in [0.3, 0.4) is 0 Å². The molecule has 2 aliphatic heterocycles. The minimum atomic E-state index is -1.55. The Morgan fingerprint density at radius 1 is 1.42 bits per heavy atom. The first-order chi connectivity index (χ1) is 18.6. The molecule has 3 heterocycles. The average molecular weight is 566 g/mol. The first-order valence-corrected chi connectivity index (χ1v) is 14.3. The maximum atomic E-state index is 13.0. The van der Waals surface area contributed by atoms with Crippen LogP contribution in [0.1, 0.15) is 55.5 Å². The molecule has 4 rings (SSSR count). The Kier molecular flexibility index (Phi) is 8.59. The molecule has 1 N–H and O–H groups in total. The van der Waals surface area contributed by atoms with Crippen molar-refractivity contribution < 1.29 is 20.1 Å². The van der Waals surface area contributed by atoms with E-state index in [1.165, 1.54) is 34.9 Å². The third kappa shape index (κ3) is 6.18. The summed E-state index contributed by atoms with van der Waals surface area (Å²) in [6.45, 7) is 10.7. The number of non-ortho nitro benzene ring substituents is 1. The van der Waals surface area contributed by atoms with Crippen molar-refractivity contribution in [1.82, 2.24) is 14.2 Å². The van der Waals surface area contributed by atoms with E-state index in [2.05, 4.69) is 47.7 Å². The normalized spacial score (nSPS) is 21.9. The van der Waals surface area contributed by atoms with Gasteiger partial charge in [-0.3, -0.25) is 19.7 Å². The summed E-state index contributed by atoms with van der Waals surface area (Å²) in [4.78, 5) is 33.4. The Morgan fingerprint density at radius 2 is 2.18 bits per heavy atom. The molecule has 1 unspecified atom stereocenters. The third-order valence-electron chi connectivity index (χ3n) is 5.92. The van der Waals surface area contributed by atoms with Crippen molar-refractivity contribution >= 4 is 43.9 Å². The second-order valence-electron chi connectivity index (χ2n) is 9.33. The van der Waals surface area contributed by atoms with Crippen LogP contribution in [0.15, 0.2) is 44.0 Å². The molecule has 0 aliphatic carbocycles. The smallest absolute Gasteiger partial charge is 0.351 e. The van der Waals surface area contributed by atoms with Crippen LogP contribution in [-0.4, -0.2) is 56.4 Å². The van der Waals surface area contributed by atoms with E-state index in [9.17, 15) is 14.9 Å². The lowest BCUT2D eigenvalue weighted by Gasteiger charge is -2.36. The molecule has 12 nitrogen and oxygen atoms in total. The van der Waals surface area contributed by atoms with Crippen LogP contribution in [0.2, 0.25) is 0 Å². The summed E-state index contributed by atoms with van der Waals surface area (Å²) < 4.78 is 30.1. The predicted molar refractivity (Wildman–Crippen MR) is 147 cm³/mol. The maximum Gasteiger partial charge on any atom is 0.351 e. The van der Waals surface area contributed by atoms with Gasteiger partial charge in [0, 0.05) is 49.6 Å². The number of hydrogen-bond acceptors (Lipinski definition) is 11. The Morgan fingerprint density at radius 3 is 2.84 bits per heavy atom. The number of fused-ring (bicyclic) bond motifs is 2. The molecule has 14 heteroatoms. The molecule has 4 atom stereocenters. The Balaban J connectivity index is 1.57. The van der Waals surface area contributed by atoms with E-state index in [0.29, 0.717) is 34.3 Å². The predicted octanol–water partition coefficient (Wildman–Crippen LogP) is 5.46. The highest BCUT2D eigenvalue weighted by Gasteiger charge is 2.40. The molecule has 1 fully saturated rings. The zero-order chi connectivity index (χ0) is 28.3. The number of nitro groups is 1. The zero-order valence-corrected chi connectivity index (χ0v) is 23.6. The molecular weight excluding hydrogens is 531 g/mol. The number of nitrogens with zero attached hydrogens (tertiary/aromatic N) is 5. The number of hydrogen-bond donors (Lipinski definition) is 1. The van der Waals surface area contributed by atoms with Crippen LogP contribution in [0, 0.1) is 10.1 Å². The van der Waals surface area contributed by atoms with Crippen molar-refractivity contribution in [2.24, 2.45) is 4.99 Å². The van der Waals surface area contributed by atoms with Crippen molar-refractivity contribution in [3.05, 3.63) is 45.0 Å². The van der Waals surface area contributed by atoms with Gasteiger partial charge in [-0.25, -0.2) is 9.46 Å². The molecule has 0 bridgehead atoms. The van der Waals surface area contributed by atoms with Gasteiger partial charge in [-0.15, -0.1) is 0 Å². The number of rotatable bonds is 10. The largest absolute Gasteiger partial charge is 0.425 e. The van der Waals surface area contributed by atoms with E-state index in [1.54, 1.807) is 12.3 Å². The minimum Gasteiger partial charge on any atom is -0.425 e. The van der Waals surface area contributed by atoms with Gasteiger partial charge < -0.3 is 19.1 Å². The van der Waals surface area contributed by atoms with Crippen molar-refractivity contribution in [2.75, 3.05) is 11.9 Å². The standard InChI is InChI=1S/C24H33N6O6PS/c1-7-25-13-34-37(29(14(2)3)15(4)5)36-19-11-22(35-16(19)6)28-12-21-23(27-24(28)31)26-18-9-8-17(30(32)33)10-20(18)38-21/h8-10,12-16,19,22H,7,11H2,1-6H3,(H,26,27,31)/t16-,19-,22-,37?/m1/s1/i6D. The Labute approximate surface area is 228 Å². The molecule has 0 radical (unpaired) electrons. The number of benzene rings is 1. The molecule has 38 heavy (non-hydrogen) atoms. The van der Waals surface area contributed by atoms with E-state index < -0.39 is 37.6 Å². The van der Waals surface area contributed by atoms with Gasteiger partial charge in [0.2, 0.25) is 0 Å². The van der Waals surface area contributed by atoms with Gasteiger partial charge in [-0.2, -0.15) is 4.98 Å². The summed E-state index contributed by atoms with van der Waals surface area (Å²) in [6, 6.07) is 4.75. The molecule has 0 amide bonds. The molecular formula is C24H33N6O6PS. The highest BCUT2D eigenvalue weighted by Crippen LogP contribution is 2.50. The zero-order valence-electron chi connectivity index (χ0n) is 22.9. The van der Waals surface area contributed by atoms with Crippen LogP contribution >= 0.6 is 20.3 Å². The second kappa shape index (κ2) is 12.1. The van der Waals surface area contributed by atoms with Gasteiger partial charge in [-0.1, -0.05) is 11.8 Å². The van der Waals surface area contributed by atoms with Gasteiger partial charge in [-0.05, 0) is 47.6 Å².